The average Bonchev–Trinajstić information content (AvgIpc) is 2.49. The number of nitrogens with zero attached hydrogens (tertiary/aromatic N) is 3. The molecule has 0 atom stereocenters. The number of aromatic nitrogens is 3. The molecule has 0 spiro atoms. The van der Waals surface area contributed by atoms with Gasteiger partial charge in [0.2, 0.25) is 0 Å². The maximum Gasteiger partial charge on any atom is 0.0872 e. The third-order valence-corrected chi connectivity index (χ3v) is 1.79. The molecular weight excluding hydrogens is 218 g/mol. The molecule has 0 aliphatic rings. The Morgan fingerprint density at radius 2 is 2.50 bits per heavy atom. The third kappa shape index (κ3) is 1.38. The Labute approximate surface area is 79.6 Å². The summed E-state index contributed by atoms with van der Waals surface area (Å²) < 4.78 is 9.68. The topological polar surface area (TPSA) is 30.7 Å². The van der Waals surface area contributed by atoms with Crippen molar-refractivity contribution in [3.8, 4) is 5.69 Å². The Kier molecular flexibility index (Phi) is 1.63. The lowest BCUT2D eigenvalue weighted by Gasteiger charge is -1.97. The minimum absolute atomic E-state index is 0.226. The second-order valence-electron chi connectivity index (χ2n) is 2.24. The summed E-state index contributed by atoms with van der Waals surface area (Å²) in [6, 6.07) is 3.71. The van der Waals surface area contributed by atoms with Crippen LogP contribution in [0.5, 0.6) is 0 Å². The highest BCUT2D eigenvalue weighted by Gasteiger charge is 1.96. The summed E-state index contributed by atoms with van der Waals surface area (Å²) in [5.74, 6) is 0. The molecule has 2 aromatic heterocycles. The van der Waals surface area contributed by atoms with Crippen molar-refractivity contribution in [1.82, 2.24) is 14.8 Å². The molecule has 0 aliphatic heterocycles. The van der Waals surface area contributed by atoms with Gasteiger partial charge in [-0.05, 0) is 28.1 Å². The fraction of sp³-hybridized carbons (Fsp3) is 0. The lowest BCUT2D eigenvalue weighted by atomic mass is 10.4. The van der Waals surface area contributed by atoms with Crippen LogP contribution in [0.25, 0.3) is 5.69 Å². The molecule has 0 radical (unpaired) electrons. The van der Waals surface area contributed by atoms with E-state index in [1.165, 1.54) is 0 Å². The second-order valence-corrected chi connectivity index (χ2v) is 3.10. The molecular formula is C8H6BrN3. The number of rotatable bonds is 1. The Morgan fingerprint density at radius 3 is 3.08 bits per heavy atom. The smallest absolute Gasteiger partial charge is 0.0872 e. The van der Waals surface area contributed by atoms with Gasteiger partial charge in [0.1, 0.15) is 0 Å². The van der Waals surface area contributed by atoms with Gasteiger partial charge < -0.3 is 0 Å². The standard InChI is InChI=1S/C8H6BrN3/c9-7-4-11-12(6-7)8-2-1-3-10-5-8/h1-6H/i4D. The first-order valence-electron chi connectivity index (χ1n) is 3.89. The summed E-state index contributed by atoms with van der Waals surface area (Å²) in [7, 11) is 0. The van der Waals surface area contributed by atoms with E-state index >= 15 is 0 Å². The fourth-order valence-corrected chi connectivity index (χ4v) is 1.16. The van der Waals surface area contributed by atoms with Gasteiger partial charge in [0.05, 0.1) is 23.9 Å². The number of hydrogen-bond acceptors (Lipinski definition) is 2. The zero-order valence-electron chi connectivity index (χ0n) is 7.11. The van der Waals surface area contributed by atoms with Crippen LogP contribution in [0.4, 0.5) is 0 Å². The normalized spacial score (nSPS) is 11.2. The van der Waals surface area contributed by atoms with E-state index < -0.39 is 0 Å². The minimum atomic E-state index is 0.226. The Bertz CT molecular complexity index is 393. The molecule has 0 N–H and O–H groups in total. The quantitative estimate of drug-likeness (QED) is 0.743. The van der Waals surface area contributed by atoms with Crippen LogP contribution in [-0.4, -0.2) is 14.8 Å². The molecule has 0 unspecified atom stereocenters. The van der Waals surface area contributed by atoms with Gasteiger partial charge in [-0.1, -0.05) is 0 Å². The second kappa shape index (κ2) is 3.06. The monoisotopic (exact) mass is 224 g/mol. The number of halogens is 1. The molecule has 4 heteroatoms. The molecule has 0 fully saturated rings. The van der Waals surface area contributed by atoms with Gasteiger partial charge in [-0.2, -0.15) is 5.10 Å². The van der Waals surface area contributed by atoms with E-state index in [4.69, 9.17) is 1.37 Å². The Morgan fingerprint density at radius 1 is 1.58 bits per heavy atom. The van der Waals surface area contributed by atoms with Crippen molar-refractivity contribution in [3.05, 3.63) is 41.4 Å². The van der Waals surface area contributed by atoms with Crippen molar-refractivity contribution in [1.29, 1.82) is 0 Å². The van der Waals surface area contributed by atoms with Gasteiger partial charge in [-0.25, -0.2) is 4.68 Å². The first-order chi connectivity index (χ1) is 6.27. The molecule has 0 bridgehead atoms. The van der Waals surface area contributed by atoms with Gasteiger partial charge in [-0.15, -0.1) is 0 Å². The van der Waals surface area contributed by atoms with Crippen molar-refractivity contribution >= 4 is 15.9 Å². The highest BCUT2D eigenvalue weighted by atomic mass is 79.9. The minimum Gasteiger partial charge on any atom is -0.262 e. The molecule has 0 aliphatic carbocycles. The predicted octanol–water partition coefficient (Wildman–Crippen LogP) is 2.03. The highest BCUT2D eigenvalue weighted by Crippen LogP contribution is 2.10. The van der Waals surface area contributed by atoms with Crippen molar-refractivity contribution in [2.75, 3.05) is 0 Å². The van der Waals surface area contributed by atoms with E-state index in [0.717, 1.165) is 5.69 Å². The zero-order chi connectivity index (χ0) is 9.26. The maximum atomic E-state index is 7.39. The molecule has 2 aromatic rings. The first kappa shape index (κ1) is 6.37. The lowest BCUT2D eigenvalue weighted by molar-refractivity contribution is 0.874. The van der Waals surface area contributed by atoms with Gasteiger partial charge in [0.25, 0.3) is 0 Å². The van der Waals surface area contributed by atoms with Crippen LogP contribution in [0.1, 0.15) is 1.37 Å². The van der Waals surface area contributed by atoms with E-state index in [0.29, 0.717) is 4.47 Å². The van der Waals surface area contributed by atoms with Gasteiger partial charge in [0.15, 0.2) is 0 Å². The van der Waals surface area contributed by atoms with Crippen LogP contribution in [0, 0.1) is 0 Å². The largest absolute Gasteiger partial charge is 0.262 e. The van der Waals surface area contributed by atoms with E-state index in [9.17, 15) is 0 Å². The van der Waals surface area contributed by atoms with Crippen molar-refractivity contribution in [2.45, 2.75) is 0 Å². The number of hydrogen-bond donors (Lipinski definition) is 0. The van der Waals surface area contributed by atoms with Crippen LogP contribution in [0.15, 0.2) is 41.4 Å². The summed E-state index contributed by atoms with van der Waals surface area (Å²) in [6.07, 6.45) is 5.35. The van der Waals surface area contributed by atoms with Crippen LogP contribution >= 0.6 is 15.9 Å². The van der Waals surface area contributed by atoms with Crippen molar-refractivity contribution in [3.63, 3.8) is 0 Å². The Balaban J connectivity index is 2.48. The molecule has 0 saturated heterocycles. The molecule has 0 amide bonds. The molecule has 2 rings (SSSR count). The van der Waals surface area contributed by atoms with Crippen molar-refractivity contribution < 1.29 is 1.37 Å². The van der Waals surface area contributed by atoms with Crippen LogP contribution in [0.3, 0.4) is 0 Å². The molecule has 2 heterocycles. The summed E-state index contributed by atoms with van der Waals surface area (Å²) in [6.45, 7) is 0. The summed E-state index contributed by atoms with van der Waals surface area (Å²) in [5, 5.41) is 3.98. The predicted molar refractivity (Wildman–Crippen MR) is 49.1 cm³/mol. The SMILES string of the molecule is [2H]c1nn(-c2cccnc2)cc1Br. The van der Waals surface area contributed by atoms with Crippen LogP contribution in [0.2, 0.25) is 0 Å². The third-order valence-electron chi connectivity index (χ3n) is 1.41. The van der Waals surface area contributed by atoms with Crippen molar-refractivity contribution in [2.24, 2.45) is 0 Å². The molecule has 12 heavy (non-hydrogen) atoms. The van der Waals surface area contributed by atoms with E-state index in [2.05, 4.69) is 26.0 Å². The van der Waals surface area contributed by atoms with Gasteiger partial charge >= 0.3 is 0 Å². The lowest BCUT2D eigenvalue weighted by Crippen LogP contribution is -1.93. The Hall–Kier alpha value is -1.16. The average molecular weight is 225 g/mol. The molecule has 3 nitrogen and oxygen atoms in total. The first-order valence-corrected chi connectivity index (χ1v) is 4.19. The molecule has 0 aromatic carbocycles. The number of pyridine rings is 1. The summed E-state index contributed by atoms with van der Waals surface area (Å²) in [4.78, 5) is 3.96. The summed E-state index contributed by atoms with van der Waals surface area (Å²) >= 11 is 3.22. The van der Waals surface area contributed by atoms with Crippen LogP contribution < -0.4 is 0 Å². The van der Waals surface area contributed by atoms with E-state index in [1.807, 2.05) is 12.1 Å². The molecule has 60 valence electrons. The fourth-order valence-electron chi connectivity index (χ4n) is 0.888. The summed E-state index contributed by atoms with van der Waals surface area (Å²) in [5.41, 5.74) is 0.849. The maximum absolute atomic E-state index is 7.39. The van der Waals surface area contributed by atoms with Crippen LogP contribution in [-0.2, 0) is 0 Å². The highest BCUT2D eigenvalue weighted by molar-refractivity contribution is 9.10. The van der Waals surface area contributed by atoms with E-state index in [-0.39, 0.29) is 6.17 Å². The zero-order valence-corrected chi connectivity index (χ0v) is 7.69. The molecule has 0 saturated carbocycles. The van der Waals surface area contributed by atoms with Gasteiger partial charge in [-0.3, -0.25) is 4.98 Å². The van der Waals surface area contributed by atoms with Gasteiger partial charge in [0, 0.05) is 12.4 Å². The van der Waals surface area contributed by atoms with E-state index in [1.54, 1.807) is 23.3 Å².